The second kappa shape index (κ2) is 15.4. The number of β-lactam (4-membered cyclic amide) rings is 1. The zero-order valence-electron chi connectivity index (χ0n) is 33.3. The lowest BCUT2D eigenvalue weighted by atomic mass is 9.82. The number of aliphatic hydroxyl groups excluding tert-OH is 1. The number of carbonyl (C=O) groups is 4. The SMILES string of the molecule is COc1ccc([Si](C)(C)[C@@H]2[C@@H](CC(=O)N3Cc4ccccc4C[C@H]3CO)O[C@]3(C(=O)N(Cc4cccc(N5C(=O)CC5OC(C)=O)c4)c4ccc(Br)cc43)[C@H]2C)cc1. The summed E-state index contributed by atoms with van der Waals surface area (Å²) in [6, 6.07) is 29.0. The lowest BCUT2D eigenvalue weighted by Gasteiger charge is -2.39. The molecule has 8 rings (SSSR count). The van der Waals surface area contributed by atoms with Gasteiger partial charge in [-0.05, 0) is 71.1 Å². The van der Waals surface area contributed by atoms with Gasteiger partial charge in [0.1, 0.15) is 5.75 Å². The topological polar surface area (TPSA) is 126 Å². The van der Waals surface area contributed by atoms with Gasteiger partial charge in [0.05, 0.1) is 59.0 Å². The zero-order valence-corrected chi connectivity index (χ0v) is 35.9. The van der Waals surface area contributed by atoms with Crippen molar-refractivity contribution in [3.05, 3.63) is 118 Å². The minimum absolute atomic E-state index is 0.0496. The van der Waals surface area contributed by atoms with Gasteiger partial charge in [0, 0.05) is 35.1 Å². The summed E-state index contributed by atoms with van der Waals surface area (Å²) in [6.45, 7) is 8.41. The van der Waals surface area contributed by atoms with Crippen LogP contribution in [0, 0.1) is 5.92 Å². The molecule has 4 aliphatic heterocycles. The molecule has 3 amide bonds. The summed E-state index contributed by atoms with van der Waals surface area (Å²) in [4.78, 5) is 59.5. The monoisotopic (exact) mass is 865 g/mol. The third-order valence-electron chi connectivity index (χ3n) is 12.8. The van der Waals surface area contributed by atoms with E-state index >= 15 is 4.79 Å². The molecule has 58 heavy (non-hydrogen) atoms. The van der Waals surface area contributed by atoms with E-state index in [4.69, 9.17) is 14.2 Å². The van der Waals surface area contributed by atoms with Crippen molar-refractivity contribution in [3.8, 4) is 5.75 Å². The van der Waals surface area contributed by atoms with E-state index in [2.05, 4.69) is 54.1 Å². The first-order chi connectivity index (χ1) is 27.8. The molecular weight excluding hydrogens is 818 g/mol. The van der Waals surface area contributed by atoms with E-state index in [0.717, 1.165) is 37.7 Å². The highest BCUT2D eigenvalue weighted by Gasteiger charge is 2.66. The number of hydrogen-bond acceptors (Lipinski definition) is 8. The number of benzene rings is 4. The molecule has 4 aromatic carbocycles. The molecule has 0 aromatic heterocycles. The number of anilines is 2. The molecule has 0 aliphatic carbocycles. The maximum Gasteiger partial charge on any atom is 0.304 e. The molecule has 1 spiro atoms. The van der Waals surface area contributed by atoms with E-state index < -0.39 is 32.0 Å². The Kier molecular flexibility index (Phi) is 10.6. The van der Waals surface area contributed by atoms with Gasteiger partial charge in [-0.2, -0.15) is 0 Å². The van der Waals surface area contributed by atoms with E-state index in [1.165, 1.54) is 11.8 Å². The smallest absolute Gasteiger partial charge is 0.304 e. The fraction of sp³-hybridized carbons (Fsp3) is 0.378. The van der Waals surface area contributed by atoms with Crippen LogP contribution in [-0.4, -0.2) is 73.9 Å². The molecule has 0 radical (unpaired) electrons. The number of ether oxygens (including phenoxy) is 3. The van der Waals surface area contributed by atoms with Gasteiger partial charge in [-0.3, -0.25) is 24.1 Å². The third-order valence-corrected chi connectivity index (χ3v) is 17.7. The molecule has 302 valence electrons. The van der Waals surface area contributed by atoms with Crippen molar-refractivity contribution in [2.75, 3.05) is 23.5 Å². The Labute approximate surface area is 348 Å². The van der Waals surface area contributed by atoms with Gasteiger partial charge in [-0.1, -0.05) is 89.7 Å². The number of carbonyl (C=O) groups excluding carboxylic acids is 4. The number of halogens is 1. The van der Waals surface area contributed by atoms with Crippen molar-refractivity contribution < 1.29 is 38.5 Å². The van der Waals surface area contributed by atoms with Crippen LogP contribution >= 0.6 is 15.9 Å². The predicted octanol–water partition coefficient (Wildman–Crippen LogP) is 6.18. The number of hydrogen-bond donors (Lipinski definition) is 1. The Balaban J connectivity index is 1.17. The van der Waals surface area contributed by atoms with Crippen LogP contribution in [0.4, 0.5) is 11.4 Å². The first kappa shape index (κ1) is 40.0. The van der Waals surface area contributed by atoms with Crippen molar-refractivity contribution >= 4 is 64.3 Å². The lowest BCUT2D eigenvalue weighted by molar-refractivity contribution is -0.154. The van der Waals surface area contributed by atoms with E-state index in [0.29, 0.717) is 24.3 Å². The maximum absolute atomic E-state index is 15.4. The van der Waals surface area contributed by atoms with E-state index in [1.54, 1.807) is 23.0 Å². The molecule has 1 N–H and O–H groups in total. The first-order valence-electron chi connectivity index (χ1n) is 19.8. The van der Waals surface area contributed by atoms with Crippen LogP contribution < -0.4 is 19.7 Å². The second-order valence-electron chi connectivity index (χ2n) is 16.4. The molecule has 1 unspecified atom stereocenters. The molecular formula is C45H48BrN3O8Si. The van der Waals surface area contributed by atoms with Crippen LogP contribution in [0.2, 0.25) is 18.6 Å². The Morgan fingerprint density at radius 2 is 1.71 bits per heavy atom. The van der Waals surface area contributed by atoms with Crippen molar-refractivity contribution in [2.24, 2.45) is 5.92 Å². The quantitative estimate of drug-likeness (QED) is 0.114. The molecule has 0 saturated carbocycles. The van der Waals surface area contributed by atoms with Crippen molar-refractivity contribution in [2.45, 2.75) is 88.8 Å². The van der Waals surface area contributed by atoms with Crippen LogP contribution in [0.15, 0.2) is 95.5 Å². The van der Waals surface area contributed by atoms with Crippen molar-refractivity contribution in [3.63, 3.8) is 0 Å². The number of aliphatic hydroxyl groups is 1. The number of esters is 1. The van der Waals surface area contributed by atoms with Gasteiger partial charge in [-0.15, -0.1) is 0 Å². The van der Waals surface area contributed by atoms with Gasteiger partial charge in [0.25, 0.3) is 5.91 Å². The average Bonchev–Trinajstić information content (AvgIpc) is 3.62. The maximum atomic E-state index is 15.4. The highest BCUT2D eigenvalue weighted by atomic mass is 79.9. The Hall–Kier alpha value is -4.82. The number of fused-ring (bicyclic) bond motifs is 3. The highest BCUT2D eigenvalue weighted by molar-refractivity contribution is 9.10. The molecule has 2 saturated heterocycles. The van der Waals surface area contributed by atoms with E-state index in [9.17, 15) is 19.5 Å². The molecule has 6 atom stereocenters. The summed E-state index contributed by atoms with van der Waals surface area (Å²) < 4.78 is 19.0. The minimum atomic E-state index is -2.56. The molecule has 4 aromatic rings. The van der Waals surface area contributed by atoms with Gasteiger partial charge in [-0.25, -0.2) is 0 Å². The molecule has 4 aliphatic rings. The van der Waals surface area contributed by atoms with Gasteiger partial charge in [0.15, 0.2) is 11.8 Å². The summed E-state index contributed by atoms with van der Waals surface area (Å²) in [5, 5.41) is 11.7. The summed E-state index contributed by atoms with van der Waals surface area (Å²) in [5.41, 5.74) is 3.42. The zero-order chi connectivity index (χ0) is 41.1. The second-order valence-corrected chi connectivity index (χ2v) is 22.0. The number of nitrogens with zero attached hydrogens (tertiary/aromatic N) is 3. The molecule has 13 heteroatoms. The number of methoxy groups -OCH3 is 1. The largest absolute Gasteiger partial charge is 0.497 e. The van der Waals surface area contributed by atoms with E-state index in [1.807, 2.05) is 66.7 Å². The van der Waals surface area contributed by atoms with E-state index in [-0.39, 0.29) is 61.2 Å². The summed E-state index contributed by atoms with van der Waals surface area (Å²) in [5.74, 6) is -0.546. The van der Waals surface area contributed by atoms with Crippen LogP contribution in [-0.2, 0) is 53.8 Å². The van der Waals surface area contributed by atoms with Crippen LogP contribution in [0.3, 0.4) is 0 Å². The minimum Gasteiger partial charge on any atom is -0.497 e. The first-order valence-corrected chi connectivity index (χ1v) is 23.6. The summed E-state index contributed by atoms with van der Waals surface area (Å²) >= 11 is 3.68. The number of amides is 3. The molecule has 2 fully saturated rings. The normalized spacial score (nSPS) is 25.1. The Morgan fingerprint density at radius 1 is 0.966 bits per heavy atom. The van der Waals surface area contributed by atoms with Crippen LogP contribution in [0.5, 0.6) is 5.75 Å². The Bertz CT molecular complexity index is 2290. The fourth-order valence-corrected chi connectivity index (χ4v) is 14.3. The highest BCUT2D eigenvalue weighted by Crippen LogP contribution is 2.60. The molecule has 0 bridgehead atoms. The van der Waals surface area contributed by atoms with Crippen molar-refractivity contribution in [1.82, 2.24) is 4.90 Å². The summed E-state index contributed by atoms with van der Waals surface area (Å²) in [6.07, 6.45) is -0.566. The molecule has 4 heterocycles. The van der Waals surface area contributed by atoms with Crippen molar-refractivity contribution in [1.29, 1.82) is 0 Å². The third kappa shape index (κ3) is 6.75. The number of rotatable bonds is 10. The molecule has 11 nitrogen and oxygen atoms in total. The van der Waals surface area contributed by atoms with Crippen LogP contribution in [0.1, 0.15) is 48.9 Å². The van der Waals surface area contributed by atoms with Crippen LogP contribution in [0.25, 0.3) is 0 Å². The fourth-order valence-electron chi connectivity index (χ4n) is 9.95. The summed E-state index contributed by atoms with van der Waals surface area (Å²) in [7, 11) is -0.920. The Morgan fingerprint density at radius 3 is 2.40 bits per heavy atom. The lowest BCUT2D eigenvalue weighted by Crippen LogP contribution is -2.54. The average molecular weight is 867 g/mol. The van der Waals surface area contributed by atoms with Gasteiger partial charge in [0.2, 0.25) is 11.8 Å². The van der Waals surface area contributed by atoms with Gasteiger partial charge >= 0.3 is 5.97 Å². The predicted molar refractivity (Wildman–Crippen MR) is 225 cm³/mol. The standard InChI is InChI=1S/C45H48BrN3O8Si/c1-27-43(58(4,5)36-16-14-35(55-3)15-17-36)39(22-40(52)47-25-31-11-7-6-10-30(31)20-34(47)26-50)57-45(27)37-21-32(46)13-18-38(37)48(44(45)54)24-29-9-8-12-33(19-29)49-41(53)23-42(49)56-28(2)51/h6-19,21,27,34,39,42-43,50H,20,22-26H2,1-5H3/t27-,34-,39+,42?,43-,45+/m0/s1. The van der Waals surface area contributed by atoms with Gasteiger partial charge < -0.3 is 29.1 Å².